The van der Waals surface area contributed by atoms with Gasteiger partial charge in [0.05, 0.1) is 0 Å². The number of piperidine rings is 1. The van der Waals surface area contributed by atoms with Gasteiger partial charge in [0.15, 0.2) is 0 Å². The summed E-state index contributed by atoms with van der Waals surface area (Å²) in [4.78, 5) is 2.50. The molecular weight excluding hydrogens is 198 g/mol. The van der Waals surface area contributed by atoms with Crippen LogP contribution < -0.4 is 11.1 Å². The Balaban J connectivity index is 1.64. The molecule has 0 spiro atoms. The van der Waals surface area contributed by atoms with Gasteiger partial charge in [0.2, 0.25) is 0 Å². The van der Waals surface area contributed by atoms with Crippen LogP contribution in [-0.4, -0.2) is 43.2 Å². The molecule has 0 aromatic rings. The average molecular weight is 225 g/mol. The first-order valence-electron chi connectivity index (χ1n) is 7.07. The summed E-state index contributed by atoms with van der Waals surface area (Å²) in [6, 6.07) is 1.59. The number of nitrogens with two attached hydrogens (primary N) is 1. The molecule has 1 aliphatic heterocycles. The van der Waals surface area contributed by atoms with Gasteiger partial charge in [0.25, 0.3) is 0 Å². The smallest absolute Gasteiger partial charge is 0.0105 e. The van der Waals surface area contributed by atoms with Crippen molar-refractivity contribution >= 4 is 0 Å². The Labute approximate surface area is 99.8 Å². The topological polar surface area (TPSA) is 41.3 Å². The van der Waals surface area contributed by atoms with Gasteiger partial charge >= 0.3 is 0 Å². The number of hydrogen-bond donors (Lipinski definition) is 2. The number of nitrogens with one attached hydrogen (secondary N) is 1. The lowest BCUT2D eigenvalue weighted by Gasteiger charge is -2.35. The molecule has 0 bridgehead atoms. The summed E-state index contributed by atoms with van der Waals surface area (Å²) in [7, 11) is 0. The second-order valence-corrected chi connectivity index (χ2v) is 5.41. The molecule has 1 saturated carbocycles. The largest absolute Gasteiger partial charge is 0.329 e. The van der Waals surface area contributed by atoms with Crippen molar-refractivity contribution in [2.75, 3.05) is 26.2 Å². The Bertz CT molecular complexity index is 182. The first-order chi connectivity index (χ1) is 7.88. The Kier molecular flexibility index (Phi) is 5.07. The van der Waals surface area contributed by atoms with Crippen LogP contribution in [0.25, 0.3) is 0 Å². The van der Waals surface area contributed by atoms with Crippen LogP contribution in [0.2, 0.25) is 0 Å². The van der Waals surface area contributed by atoms with E-state index in [1.807, 2.05) is 0 Å². The maximum Gasteiger partial charge on any atom is 0.0105 e. The van der Waals surface area contributed by atoms with Crippen LogP contribution in [0.5, 0.6) is 0 Å². The maximum absolute atomic E-state index is 5.59. The number of rotatable bonds is 4. The summed E-state index contributed by atoms with van der Waals surface area (Å²) in [5, 5.41) is 3.86. The molecular formula is C13H27N3. The molecule has 0 aromatic carbocycles. The van der Waals surface area contributed by atoms with Gasteiger partial charge in [-0.1, -0.05) is 19.3 Å². The molecule has 3 N–H and O–H groups in total. The molecule has 3 heteroatoms. The molecule has 1 saturated heterocycles. The van der Waals surface area contributed by atoms with E-state index >= 15 is 0 Å². The van der Waals surface area contributed by atoms with Crippen molar-refractivity contribution in [3.05, 3.63) is 0 Å². The number of hydrogen-bond acceptors (Lipinski definition) is 3. The van der Waals surface area contributed by atoms with Crippen molar-refractivity contribution in [2.24, 2.45) is 5.73 Å². The van der Waals surface area contributed by atoms with Gasteiger partial charge in [-0.15, -0.1) is 0 Å². The van der Waals surface area contributed by atoms with E-state index in [0.29, 0.717) is 0 Å². The Morgan fingerprint density at radius 3 is 2.19 bits per heavy atom. The van der Waals surface area contributed by atoms with Gasteiger partial charge in [-0.25, -0.2) is 0 Å². The monoisotopic (exact) mass is 225 g/mol. The molecule has 1 heterocycles. The van der Waals surface area contributed by atoms with Crippen molar-refractivity contribution in [1.82, 2.24) is 10.2 Å². The molecule has 1 aliphatic carbocycles. The minimum absolute atomic E-state index is 0.775. The third-order valence-electron chi connectivity index (χ3n) is 4.11. The van der Waals surface area contributed by atoms with E-state index in [1.165, 1.54) is 58.0 Å². The molecule has 2 rings (SSSR count). The molecule has 2 fully saturated rings. The summed E-state index contributed by atoms with van der Waals surface area (Å²) in [6.07, 6.45) is 9.76. The second-order valence-electron chi connectivity index (χ2n) is 5.41. The third kappa shape index (κ3) is 3.72. The lowest BCUT2D eigenvalue weighted by molar-refractivity contribution is 0.188. The number of nitrogens with zero attached hydrogens (tertiary/aromatic N) is 1. The van der Waals surface area contributed by atoms with E-state index in [9.17, 15) is 0 Å². The van der Waals surface area contributed by atoms with Crippen LogP contribution in [0, 0.1) is 0 Å². The van der Waals surface area contributed by atoms with Gasteiger partial charge in [0, 0.05) is 25.2 Å². The summed E-state index contributed by atoms with van der Waals surface area (Å²) in [6.45, 7) is 4.36. The van der Waals surface area contributed by atoms with Gasteiger partial charge in [0.1, 0.15) is 0 Å². The summed E-state index contributed by atoms with van der Waals surface area (Å²) >= 11 is 0. The second kappa shape index (κ2) is 6.58. The van der Waals surface area contributed by atoms with Crippen LogP contribution in [0.4, 0.5) is 0 Å². The van der Waals surface area contributed by atoms with Crippen LogP contribution in [0.15, 0.2) is 0 Å². The minimum Gasteiger partial charge on any atom is -0.329 e. The predicted octanol–water partition coefficient (Wildman–Crippen LogP) is 1.33. The fraction of sp³-hybridized carbons (Fsp3) is 1.00. The van der Waals surface area contributed by atoms with E-state index < -0.39 is 0 Å². The lowest BCUT2D eigenvalue weighted by Crippen LogP contribution is -2.47. The van der Waals surface area contributed by atoms with Crippen LogP contribution >= 0.6 is 0 Å². The normalized spacial score (nSPS) is 26.1. The zero-order valence-corrected chi connectivity index (χ0v) is 10.5. The predicted molar refractivity (Wildman–Crippen MR) is 68.5 cm³/mol. The van der Waals surface area contributed by atoms with Crippen molar-refractivity contribution in [3.63, 3.8) is 0 Å². The fourth-order valence-electron chi connectivity index (χ4n) is 3.11. The Hall–Kier alpha value is -0.120. The molecule has 0 amide bonds. The van der Waals surface area contributed by atoms with Crippen LogP contribution in [0.3, 0.4) is 0 Å². The van der Waals surface area contributed by atoms with Crippen molar-refractivity contribution in [2.45, 2.75) is 57.0 Å². The van der Waals surface area contributed by atoms with Gasteiger partial charge < -0.3 is 16.0 Å². The quantitative estimate of drug-likeness (QED) is 0.758. The first-order valence-corrected chi connectivity index (χ1v) is 7.07. The zero-order chi connectivity index (χ0) is 11.2. The maximum atomic E-state index is 5.59. The highest BCUT2D eigenvalue weighted by Gasteiger charge is 2.22. The fourth-order valence-corrected chi connectivity index (χ4v) is 3.11. The molecule has 0 unspecified atom stereocenters. The molecule has 94 valence electrons. The lowest BCUT2D eigenvalue weighted by atomic mass is 9.93. The minimum atomic E-state index is 0.775. The molecule has 3 nitrogen and oxygen atoms in total. The van der Waals surface area contributed by atoms with Crippen LogP contribution in [-0.2, 0) is 0 Å². The first kappa shape index (κ1) is 12.3. The SMILES string of the molecule is NCCN1CCC(NC2CCCCC2)CC1. The van der Waals surface area contributed by atoms with E-state index in [4.69, 9.17) is 5.73 Å². The standard InChI is InChI=1S/C13H27N3/c14-8-11-16-9-6-13(7-10-16)15-12-4-2-1-3-5-12/h12-13,15H,1-11,14H2. The molecule has 0 atom stereocenters. The van der Waals surface area contributed by atoms with Gasteiger partial charge in [-0.3, -0.25) is 0 Å². The molecule has 16 heavy (non-hydrogen) atoms. The molecule has 2 aliphatic rings. The van der Waals surface area contributed by atoms with Crippen molar-refractivity contribution in [3.8, 4) is 0 Å². The van der Waals surface area contributed by atoms with E-state index in [-0.39, 0.29) is 0 Å². The molecule has 0 aromatic heterocycles. The van der Waals surface area contributed by atoms with E-state index in [0.717, 1.165) is 25.2 Å². The van der Waals surface area contributed by atoms with Crippen molar-refractivity contribution < 1.29 is 0 Å². The summed E-state index contributed by atoms with van der Waals surface area (Å²) in [5.41, 5.74) is 5.59. The van der Waals surface area contributed by atoms with Crippen LogP contribution in [0.1, 0.15) is 44.9 Å². The third-order valence-corrected chi connectivity index (χ3v) is 4.11. The summed E-state index contributed by atoms with van der Waals surface area (Å²) in [5.74, 6) is 0. The molecule has 0 radical (unpaired) electrons. The number of likely N-dealkylation sites (tertiary alicyclic amines) is 1. The Morgan fingerprint density at radius 1 is 0.938 bits per heavy atom. The zero-order valence-electron chi connectivity index (χ0n) is 10.5. The average Bonchev–Trinajstić information content (AvgIpc) is 2.33. The highest BCUT2D eigenvalue weighted by atomic mass is 15.1. The van der Waals surface area contributed by atoms with E-state index in [2.05, 4.69) is 10.2 Å². The van der Waals surface area contributed by atoms with E-state index in [1.54, 1.807) is 0 Å². The highest BCUT2D eigenvalue weighted by Crippen LogP contribution is 2.20. The van der Waals surface area contributed by atoms with Crippen molar-refractivity contribution in [1.29, 1.82) is 0 Å². The summed E-state index contributed by atoms with van der Waals surface area (Å²) < 4.78 is 0. The van der Waals surface area contributed by atoms with Gasteiger partial charge in [-0.05, 0) is 38.8 Å². The Morgan fingerprint density at radius 2 is 1.56 bits per heavy atom. The highest BCUT2D eigenvalue weighted by molar-refractivity contribution is 4.82. The van der Waals surface area contributed by atoms with Gasteiger partial charge in [-0.2, -0.15) is 0 Å².